The summed E-state index contributed by atoms with van der Waals surface area (Å²) in [6.07, 6.45) is 3.66. The first-order valence-electron chi connectivity index (χ1n) is 5.22. The molecule has 0 saturated carbocycles. The number of aromatic nitrogens is 1. The maximum absolute atomic E-state index is 12.0. The van der Waals surface area contributed by atoms with Crippen molar-refractivity contribution < 1.29 is 9.13 Å². The Hall–Kier alpha value is -0.680. The maximum atomic E-state index is 12.0. The Kier molecular flexibility index (Phi) is 3.91. The van der Waals surface area contributed by atoms with E-state index in [2.05, 4.69) is 9.88 Å². The molecule has 0 N–H and O–H groups in total. The number of thiazole rings is 1. The number of alkyl halides is 1. The first-order valence-corrected chi connectivity index (χ1v) is 6.10. The number of ether oxygens (including phenoxy) is 1. The van der Waals surface area contributed by atoms with Gasteiger partial charge >= 0.3 is 0 Å². The molecule has 5 heteroatoms. The zero-order chi connectivity index (χ0) is 10.5. The highest BCUT2D eigenvalue weighted by molar-refractivity contribution is 7.11. The van der Waals surface area contributed by atoms with Crippen LogP contribution in [0.3, 0.4) is 0 Å². The fourth-order valence-electron chi connectivity index (χ4n) is 1.81. The molecule has 84 valence electrons. The smallest absolute Gasteiger partial charge is 0.194 e. The van der Waals surface area contributed by atoms with Crippen LogP contribution in [0, 0.1) is 0 Å². The molecule has 0 radical (unpaired) electrons. The minimum absolute atomic E-state index is 0.225. The topological polar surface area (TPSA) is 25.4 Å². The number of hydrogen-bond acceptors (Lipinski definition) is 4. The molecule has 3 nitrogen and oxygen atoms in total. The Morgan fingerprint density at radius 1 is 1.67 bits per heavy atom. The average Bonchev–Trinajstić information content (AvgIpc) is 2.87. The van der Waals surface area contributed by atoms with Gasteiger partial charge in [-0.05, 0) is 12.8 Å². The van der Waals surface area contributed by atoms with Crippen LogP contribution in [-0.4, -0.2) is 42.3 Å². The molecule has 1 atom stereocenters. The quantitative estimate of drug-likeness (QED) is 0.773. The van der Waals surface area contributed by atoms with Gasteiger partial charge in [-0.2, -0.15) is 0 Å². The molecule has 15 heavy (non-hydrogen) atoms. The van der Waals surface area contributed by atoms with Crippen LogP contribution in [0.4, 0.5) is 4.39 Å². The van der Waals surface area contributed by atoms with E-state index in [1.807, 2.05) is 0 Å². The third-order valence-electron chi connectivity index (χ3n) is 2.53. The van der Waals surface area contributed by atoms with Crippen molar-refractivity contribution in [1.82, 2.24) is 9.88 Å². The second kappa shape index (κ2) is 5.42. The summed E-state index contributed by atoms with van der Waals surface area (Å²) < 4.78 is 17.7. The Bertz CT molecular complexity index is 281. The van der Waals surface area contributed by atoms with Crippen molar-refractivity contribution in [3.05, 3.63) is 11.7 Å². The number of halogens is 1. The lowest BCUT2D eigenvalue weighted by molar-refractivity contribution is 0.203. The molecule has 2 heterocycles. The zero-order valence-corrected chi connectivity index (χ0v) is 9.38. The van der Waals surface area contributed by atoms with Gasteiger partial charge in [0, 0.05) is 19.6 Å². The monoisotopic (exact) mass is 230 g/mol. The van der Waals surface area contributed by atoms with Gasteiger partial charge in [-0.3, -0.25) is 9.29 Å². The van der Waals surface area contributed by atoms with Crippen molar-refractivity contribution in [2.75, 3.05) is 26.3 Å². The van der Waals surface area contributed by atoms with Gasteiger partial charge in [-0.25, -0.2) is 4.98 Å². The Morgan fingerprint density at radius 3 is 3.33 bits per heavy atom. The van der Waals surface area contributed by atoms with E-state index in [0.29, 0.717) is 6.42 Å². The lowest BCUT2D eigenvalue weighted by atomic mass is 10.3. The van der Waals surface area contributed by atoms with Crippen LogP contribution in [0.2, 0.25) is 0 Å². The molecule has 1 aliphatic rings. The molecule has 1 saturated heterocycles. The Labute approximate surface area is 92.9 Å². The molecule has 1 aliphatic heterocycles. The summed E-state index contributed by atoms with van der Waals surface area (Å²) in [5.74, 6) is 0. The Balaban J connectivity index is 1.73. The van der Waals surface area contributed by atoms with E-state index in [0.717, 1.165) is 31.1 Å². The van der Waals surface area contributed by atoms with E-state index in [-0.39, 0.29) is 12.8 Å². The molecule has 1 aromatic heterocycles. The second-order valence-corrected chi connectivity index (χ2v) is 4.54. The van der Waals surface area contributed by atoms with Crippen molar-refractivity contribution in [2.24, 2.45) is 0 Å². The first kappa shape index (κ1) is 10.8. The van der Waals surface area contributed by atoms with Gasteiger partial charge < -0.3 is 4.74 Å². The van der Waals surface area contributed by atoms with Gasteiger partial charge in [0.05, 0.1) is 18.4 Å². The lowest BCUT2D eigenvalue weighted by Gasteiger charge is -2.14. The van der Waals surface area contributed by atoms with E-state index in [9.17, 15) is 4.39 Å². The van der Waals surface area contributed by atoms with E-state index < -0.39 is 0 Å². The highest BCUT2D eigenvalue weighted by Crippen LogP contribution is 2.21. The summed E-state index contributed by atoms with van der Waals surface area (Å²) in [7, 11) is 0. The summed E-state index contributed by atoms with van der Waals surface area (Å²) in [4.78, 5) is 6.22. The molecule has 0 aliphatic carbocycles. The van der Waals surface area contributed by atoms with Gasteiger partial charge in [0.1, 0.15) is 6.10 Å². The molecular weight excluding hydrogens is 215 g/mol. The summed E-state index contributed by atoms with van der Waals surface area (Å²) >= 11 is 1.52. The molecule has 0 spiro atoms. The van der Waals surface area contributed by atoms with E-state index in [1.54, 1.807) is 11.7 Å². The minimum Gasteiger partial charge on any atom is -0.478 e. The lowest BCUT2D eigenvalue weighted by Crippen LogP contribution is -2.25. The summed E-state index contributed by atoms with van der Waals surface area (Å²) in [6.45, 7) is 2.55. The van der Waals surface area contributed by atoms with Crippen LogP contribution < -0.4 is 4.74 Å². The molecule has 0 aromatic carbocycles. The largest absolute Gasteiger partial charge is 0.478 e. The number of likely N-dealkylation sites (tertiary alicyclic amines) is 1. The fraction of sp³-hybridized carbons (Fsp3) is 0.700. The summed E-state index contributed by atoms with van der Waals surface area (Å²) in [5, 5.41) is 0.882. The highest BCUT2D eigenvalue weighted by Gasteiger charge is 2.23. The van der Waals surface area contributed by atoms with Crippen LogP contribution in [-0.2, 0) is 0 Å². The fourth-order valence-corrected chi connectivity index (χ4v) is 2.35. The van der Waals surface area contributed by atoms with Gasteiger partial charge in [0.2, 0.25) is 0 Å². The minimum atomic E-state index is -0.225. The van der Waals surface area contributed by atoms with Gasteiger partial charge in [0.15, 0.2) is 5.06 Å². The third kappa shape index (κ3) is 3.14. The molecule has 0 unspecified atom stereocenters. The van der Waals surface area contributed by atoms with Crippen molar-refractivity contribution in [3.63, 3.8) is 0 Å². The summed E-state index contributed by atoms with van der Waals surface area (Å²) in [5.41, 5.74) is 1.77. The maximum Gasteiger partial charge on any atom is 0.194 e. The standard InChI is InChI=1S/C10H15FN2OS/c11-3-1-4-13-5-2-9(7-13)14-10-6-12-8-15-10/h6,8-9H,1-5,7H2/t9-/m1/s1. The van der Waals surface area contributed by atoms with Crippen molar-refractivity contribution in [2.45, 2.75) is 18.9 Å². The second-order valence-electron chi connectivity index (χ2n) is 3.69. The number of rotatable bonds is 5. The number of hydrogen-bond donors (Lipinski definition) is 0. The normalized spacial score (nSPS) is 22.1. The van der Waals surface area contributed by atoms with E-state index >= 15 is 0 Å². The van der Waals surface area contributed by atoms with Crippen LogP contribution in [0.25, 0.3) is 0 Å². The van der Waals surface area contributed by atoms with Crippen LogP contribution in [0.1, 0.15) is 12.8 Å². The van der Waals surface area contributed by atoms with Gasteiger partial charge in [-0.15, -0.1) is 0 Å². The third-order valence-corrected chi connectivity index (χ3v) is 3.19. The van der Waals surface area contributed by atoms with Crippen LogP contribution in [0.5, 0.6) is 5.06 Å². The molecule has 1 aromatic rings. The first-order chi connectivity index (χ1) is 7.38. The van der Waals surface area contributed by atoms with E-state index in [4.69, 9.17) is 4.74 Å². The van der Waals surface area contributed by atoms with Crippen LogP contribution >= 0.6 is 11.3 Å². The van der Waals surface area contributed by atoms with Crippen LogP contribution in [0.15, 0.2) is 11.7 Å². The molecule has 1 fully saturated rings. The summed E-state index contributed by atoms with van der Waals surface area (Å²) in [6, 6.07) is 0. The van der Waals surface area contributed by atoms with Crippen molar-refractivity contribution in [1.29, 1.82) is 0 Å². The Morgan fingerprint density at radius 2 is 2.60 bits per heavy atom. The SMILES string of the molecule is FCCCN1CC[C@@H](Oc2cncs2)C1. The van der Waals surface area contributed by atoms with Crippen molar-refractivity contribution in [3.8, 4) is 5.06 Å². The van der Waals surface area contributed by atoms with E-state index in [1.165, 1.54) is 11.3 Å². The number of nitrogens with zero attached hydrogens (tertiary/aromatic N) is 2. The average molecular weight is 230 g/mol. The zero-order valence-electron chi connectivity index (χ0n) is 8.56. The van der Waals surface area contributed by atoms with Gasteiger partial charge in [0.25, 0.3) is 0 Å². The highest BCUT2D eigenvalue weighted by atomic mass is 32.1. The molecule has 2 rings (SSSR count). The predicted molar refractivity (Wildman–Crippen MR) is 58.2 cm³/mol. The van der Waals surface area contributed by atoms with Gasteiger partial charge in [-0.1, -0.05) is 11.3 Å². The van der Waals surface area contributed by atoms with Crippen molar-refractivity contribution >= 4 is 11.3 Å². The predicted octanol–water partition coefficient (Wildman–Crippen LogP) is 1.96. The molecular formula is C10H15FN2OS. The molecule has 0 bridgehead atoms. The molecule has 0 amide bonds.